The maximum absolute atomic E-state index is 14.4. The van der Waals surface area contributed by atoms with Crippen LogP contribution in [-0.2, 0) is 21.4 Å². The summed E-state index contributed by atoms with van der Waals surface area (Å²) in [6, 6.07) is 7.15. The largest absolute Gasteiger partial charge is 0.325 e. The Morgan fingerprint density at radius 3 is 2.75 bits per heavy atom. The Hall–Kier alpha value is -3.74. The molecule has 1 aliphatic carbocycles. The Morgan fingerprint density at radius 1 is 1.20 bits per heavy atom. The summed E-state index contributed by atoms with van der Waals surface area (Å²) in [5.74, 6) is -0.608. The molecule has 3 aliphatic heterocycles. The topological polar surface area (TPSA) is 124 Å². The molecule has 2 fully saturated rings. The minimum Gasteiger partial charge on any atom is -0.325 e. The second-order valence-corrected chi connectivity index (χ2v) is 12.4. The van der Waals surface area contributed by atoms with Crippen LogP contribution in [0.2, 0.25) is 0 Å². The van der Waals surface area contributed by atoms with E-state index >= 15 is 0 Å². The van der Waals surface area contributed by atoms with Crippen molar-refractivity contribution in [2.45, 2.75) is 95.2 Å². The minimum absolute atomic E-state index is 0.126. The summed E-state index contributed by atoms with van der Waals surface area (Å²) in [7, 11) is 0. The minimum atomic E-state index is -0.964. The highest BCUT2D eigenvalue weighted by molar-refractivity contribution is 6.07. The van der Waals surface area contributed by atoms with Gasteiger partial charge in [-0.05, 0) is 68.1 Å². The lowest BCUT2D eigenvalue weighted by Crippen LogP contribution is -2.53. The highest BCUT2D eigenvalue weighted by Gasteiger charge is 2.57. The number of benzene rings is 1. The molecular weight excluding hydrogens is 506 g/mol. The molecule has 4 heterocycles. The number of nitriles is 1. The predicted molar refractivity (Wildman–Crippen MR) is 147 cm³/mol. The monoisotopic (exact) mass is 543 g/mol. The number of aryl methyl sites for hydroxylation is 1. The van der Waals surface area contributed by atoms with Gasteiger partial charge in [0.15, 0.2) is 5.69 Å². The van der Waals surface area contributed by atoms with Gasteiger partial charge in [0.25, 0.3) is 5.91 Å². The first-order chi connectivity index (χ1) is 19.3. The van der Waals surface area contributed by atoms with Crippen molar-refractivity contribution in [2.24, 2.45) is 5.92 Å². The summed E-state index contributed by atoms with van der Waals surface area (Å²) in [5.41, 5.74) is 2.07. The Labute approximate surface area is 234 Å². The van der Waals surface area contributed by atoms with Crippen LogP contribution in [0.5, 0.6) is 0 Å². The molecule has 10 heteroatoms. The molecule has 3 atom stereocenters. The summed E-state index contributed by atoms with van der Waals surface area (Å²) in [5, 5.41) is 21.6. The van der Waals surface area contributed by atoms with E-state index < -0.39 is 17.5 Å². The molecule has 10 nitrogen and oxygen atoms in total. The van der Waals surface area contributed by atoms with Crippen molar-refractivity contribution < 1.29 is 14.4 Å². The number of hydrogen-bond acceptors (Lipinski definition) is 6. The Bertz CT molecular complexity index is 1370. The number of hydrogen-bond donors (Lipinski definition) is 1. The van der Waals surface area contributed by atoms with Gasteiger partial charge in [0.05, 0.1) is 23.7 Å². The molecule has 1 aromatic carbocycles. The molecule has 1 saturated carbocycles. The van der Waals surface area contributed by atoms with E-state index in [4.69, 9.17) is 0 Å². The standard InChI is InChI=1S/C30H37N7O3/c1-19(2)13-26-28(39)36-18-30(15-22(36)16-31)23-14-20(10-11-24(23)32-29(30)40)7-4-3-5-12-35(26)27(38)25-17-37(34-33-25)21-8-6-9-21/h10-11,14,17,19,21-22,26H,3-9,12-13,15,18H2,1-2H3,(H,32,40)/t22-,26-,30-/m0/s1. The number of anilines is 1. The van der Waals surface area contributed by atoms with E-state index in [-0.39, 0.29) is 48.3 Å². The van der Waals surface area contributed by atoms with Gasteiger partial charge in [-0.3, -0.25) is 14.4 Å². The van der Waals surface area contributed by atoms with Crippen LogP contribution in [0.15, 0.2) is 24.4 Å². The number of nitrogens with one attached hydrogen (secondary N) is 1. The highest BCUT2D eigenvalue weighted by atomic mass is 16.2. The quantitative estimate of drug-likeness (QED) is 0.628. The second-order valence-electron chi connectivity index (χ2n) is 12.4. The van der Waals surface area contributed by atoms with E-state index in [2.05, 4.69) is 27.8 Å². The van der Waals surface area contributed by atoms with E-state index in [1.165, 1.54) is 0 Å². The van der Waals surface area contributed by atoms with E-state index in [9.17, 15) is 19.6 Å². The molecular formula is C30H37N7O3. The third kappa shape index (κ3) is 4.45. The summed E-state index contributed by atoms with van der Waals surface area (Å²) in [4.78, 5) is 45.1. The van der Waals surface area contributed by atoms with Gasteiger partial charge in [-0.2, -0.15) is 5.26 Å². The average Bonchev–Trinajstić information content (AvgIpc) is 3.60. The highest BCUT2D eigenvalue weighted by Crippen LogP contribution is 2.47. The van der Waals surface area contributed by atoms with Gasteiger partial charge in [-0.15, -0.1) is 5.10 Å². The lowest BCUT2D eigenvalue weighted by Gasteiger charge is -2.35. The van der Waals surface area contributed by atoms with Crippen molar-refractivity contribution in [3.8, 4) is 6.07 Å². The first-order valence-electron chi connectivity index (χ1n) is 14.7. The molecule has 210 valence electrons. The zero-order valence-corrected chi connectivity index (χ0v) is 23.3. The first-order valence-corrected chi connectivity index (χ1v) is 14.7. The number of aromatic nitrogens is 3. The Morgan fingerprint density at radius 2 is 2.02 bits per heavy atom. The zero-order valence-electron chi connectivity index (χ0n) is 23.3. The molecule has 40 heavy (non-hydrogen) atoms. The summed E-state index contributed by atoms with van der Waals surface area (Å²) in [6.07, 6.45) is 9.05. The Kier molecular flexibility index (Phi) is 6.85. The average molecular weight is 544 g/mol. The molecule has 1 saturated heterocycles. The van der Waals surface area contributed by atoms with Gasteiger partial charge >= 0.3 is 0 Å². The molecule has 3 amide bonds. The fourth-order valence-corrected chi connectivity index (χ4v) is 6.77. The maximum Gasteiger partial charge on any atom is 0.276 e. The van der Waals surface area contributed by atoms with Crippen LogP contribution in [-0.4, -0.2) is 67.7 Å². The number of carbonyl (C=O) groups excluding carboxylic acids is 3. The van der Waals surface area contributed by atoms with Crippen LogP contribution in [0, 0.1) is 17.2 Å². The normalized spacial score (nSPS) is 26.9. The van der Waals surface area contributed by atoms with Gasteiger partial charge in [-0.25, -0.2) is 4.68 Å². The number of nitrogens with zero attached hydrogens (tertiary/aromatic N) is 6. The fraction of sp³-hybridized carbons (Fsp3) is 0.600. The van der Waals surface area contributed by atoms with Crippen molar-refractivity contribution >= 4 is 23.4 Å². The first kappa shape index (κ1) is 26.5. The van der Waals surface area contributed by atoms with Gasteiger partial charge in [0.1, 0.15) is 12.1 Å². The van der Waals surface area contributed by atoms with E-state index in [0.29, 0.717) is 13.0 Å². The van der Waals surface area contributed by atoms with E-state index in [1.807, 2.05) is 26.0 Å². The molecule has 0 radical (unpaired) electrons. The van der Waals surface area contributed by atoms with Gasteiger partial charge in [0.2, 0.25) is 11.8 Å². The van der Waals surface area contributed by atoms with Crippen LogP contribution in [0.3, 0.4) is 0 Å². The van der Waals surface area contributed by atoms with Crippen molar-refractivity contribution in [3.05, 3.63) is 41.2 Å². The van der Waals surface area contributed by atoms with Crippen molar-refractivity contribution in [2.75, 3.05) is 18.4 Å². The third-order valence-electron chi connectivity index (χ3n) is 9.23. The summed E-state index contributed by atoms with van der Waals surface area (Å²) in [6.45, 7) is 4.60. The SMILES string of the molecule is CC(C)C[C@H]1C(=O)N2C[C@]3(C[C@H]2C#N)C(=O)Nc2ccc(cc23)CCCCCN1C(=O)c1cn(C2CCC2)nn1. The summed E-state index contributed by atoms with van der Waals surface area (Å²) >= 11 is 0. The van der Waals surface area contributed by atoms with Gasteiger partial charge in [0, 0.05) is 25.2 Å². The molecule has 4 aliphatic rings. The number of carbonyl (C=O) groups is 3. The van der Waals surface area contributed by atoms with Crippen LogP contribution < -0.4 is 5.32 Å². The molecule has 1 N–H and O–H groups in total. The van der Waals surface area contributed by atoms with Crippen molar-refractivity contribution in [1.82, 2.24) is 24.8 Å². The summed E-state index contributed by atoms with van der Waals surface area (Å²) < 4.78 is 1.78. The van der Waals surface area contributed by atoms with Gasteiger partial charge < -0.3 is 15.1 Å². The van der Waals surface area contributed by atoms with E-state index in [0.717, 1.165) is 61.8 Å². The van der Waals surface area contributed by atoms with Crippen molar-refractivity contribution in [3.63, 3.8) is 0 Å². The van der Waals surface area contributed by atoms with Crippen molar-refractivity contribution in [1.29, 1.82) is 5.26 Å². The molecule has 1 spiro atoms. The number of rotatable bonds is 4. The molecule has 4 bridgehead atoms. The van der Waals surface area contributed by atoms with Crippen LogP contribution in [0.25, 0.3) is 0 Å². The smallest absolute Gasteiger partial charge is 0.276 e. The molecule has 1 aromatic heterocycles. The van der Waals surface area contributed by atoms with Crippen LogP contribution >= 0.6 is 0 Å². The van der Waals surface area contributed by atoms with Gasteiger partial charge in [-0.1, -0.05) is 37.6 Å². The lowest BCUT2D eigenvalue weighted by molar-refractivity contribution is -0.137. The maximum atomic E-state index is 14.4. The van der Waals surface area contributed by atoms with E-state index in [1.54, 1.807) is 20.7 Å². The zero-order chi connectivity index (χ0) is 28.0. The molecule has 0 unspecified atom stereocenters. The number of amides is 3. The molecule has 6 rings (SSSR count). The van der Waals surface area contributed by atoms with Crippen LogP contribution in [0.1, 0.15) is 92.9 Å². The fourth-order valence-electron chi connectivity index (χ4n) is 6.77. The number of fused-ring (bicyclic) bond motifs is 2. The third-order valence-corrected chi connectivity index (χ3v) is 9.23. The second kappa shape index (κ2) is 10.3. The Balaban J connectivity index is 1.38. The predicted octanol–water partition coefficient (Wildman–Crippen LogP) is 3.60. The lowest BCUT2D eigenvalue weighted by atomic mass is 9.79. The molecule has 2 aromatic rings. The van der Waals surface area contributed by atoms with Crippen LogP contribution in [0.4, 0.5) is 5.69 Å².